The van der Waals surface area contributed by atoms with E-state index >= 15 is 0 Å². The van der Waals surface area contributed by atoms with Crippen molar-refractivity contribution in [3.63, 3.8) is 0 Å². The molecule has 18 heavy (non-hydrogen) atoms. The van der Waals surface area contributed by atoms with Gasteiger partial charge in [-0.25, -0.2) is 8.42 Å². The van der Waals surface area contributed by atoms with E-state index in [0.29, 0.717) is 11.3 Å². The molecule has 1 atom stereocenters. The highest BCUT2D eigenvalue weighted by Crippen LogP contribution is 2.20. The quantitative estimate of drug-likeness (QED) is 0.792. The first-order chi connectivity index (χ1) is 8.37. The Morgan fingerprint density at radius 3 is 2.33 bits per heavy atom. The van der Waals surface area contributed by atoms with Crippen molar-refractivity contribution in [2.45, 2.75) is 5.92 Å². The molecule has 0 heterocycles. The lowest BCUT2D eigenvalue weighted by atomic mass is 9.97. The molecule has 0 fully saturated rings. The predicted octanol–water partition coefficient (Wildman–Crippen LogP) is 0.916. The second-order valence-electron chi connectivity index (χ2n) is 3.87. The first kappa shape index (κ1) is 14.2. The number of sulfone groups is 1. The normalized spacial score (nSPS) is 12.5. The highest BCUT2D eigenvalue weighted by atomic mass is 32.2. The van der Waals surface area contributed by atoms with Crippen LogP contribution in [0.15, 0.2) is 24.3 Å². The van der Waals surface area contributed by atoms with E-state index in [1.165, 1.54) is 7.11 Å². The van der Waals surface area contributed by atoms with E-state index in [1.54, 1.807) is 24.3 Å². The van der Waals surface area contributed by atoms with Crippen molar-refractivity contribution in [1.29, 1.82) is 5.26 Å². The van der Waals surface area contributed by atoms with E-state index in [9.17, 15) is 13.2 Å². The standard InChI is InChI=1S/C12H13NO4S/c1-17-10-5-3-9(4-6-10)11(7-13)12(14)8-18(2,15)16/h3-6,11H,8H2,1-2H3. The summed E-state index contributed by atoms with van der Waals surface area (Å²) in [5, 5.41) is 8.98. The lowest BCUT2D eigenvalue weighted by Gasteiger charge is -2.08. The van der Waals surface area contributed by atoms with Crippen LogP contribution in [0.25, 0.3) is 0 Å². The van der Waals surface area contributed by atoms with Crippen molar-refractivity contribution >= 4 is 15.6 Å². The summed E-state index contributed by atoms with van der Waals surface area (Å²) in [6, 6.07) is 8.21. The van der Waals surface area contributed by atoms with Crippen molar-refractivity contribution in [3.8, 4) is 11.8 Å². The first-order valence-corrected chi connectivity index (χ1v) is 7.17. The number of carbonyl (C=O) groups excluding carboxylic acids is 1. The van der Waals surface area contributed by atoms with Crippen LogP contribution in [0.3, 0.4) is 0 Å². The fourth-order valence-corrected chi connectivity index (χ4v) is 2.15. The van der Waals surface area contributed by atoms with Crippen LogP contribution in [0, 0.1) is 11.3 Å². The van der Waals surface area contributed by atoms with Gasteiger partial charge in [-0.3, -0.25) is 4.79 Å². The molecule has 5 nitrogen and oxygen atoms in total. The van der Waals surface area contributed by atoms with Crippen LogP contribution in [0.4, 0.5) is 0 Å². The molecule has 0 saturated heterocycles. The fourth-order valence-electron chi connectivity index (χ4n) is 1.47. The van der Waals surface area contributed by atoms with Crippen LogP contribution in [-0.4, -0.2) is 33.3 Å². The van der Waals surface area contributed by atoms with Gasteiger partial charge in [-0.15, -0.1) is 0 Å². The topological polar surface area (TPSA) is 84.2 Å². The van der Waals surface area contributed by atoms with Gasteiger partial charge in [-0.1, -0.05) is 12.1 Å². The lowest BCUT2D eigenvalue weighted by Crippen LogP contribution is -2.20. The Bertz CT molecular complexity index is 569. The van der Waals surface area contributed by atoms with Crippen LogP contribution in [0.2, 0.25) is 0 Å². The van der Waals surface area contributed by atoms with Gasteiger partial charge in [0.05, 0.1) is 13.2 Å². The average molecular weight is 267 g/mol. The zero-order chi connectivity index (χ0) is 13.8. The molecule has 1 rings (SSSR count). The molecular formula is C12H13NO4S. The number of Topliss-reactive ketones (excluding diaryl/α,β-unsaturated/α-hetero) is 1. The van der Waals surface area contributed by atoms with Crippen LogP contribution in [0.5, 0.6) is 5.75 Å². The highest BCUT2D eigenvalue weighted by Gasteiger charge is 2.23. The van der Waals surface area contributed by atoms with E-state index in [-0.39, 0.29) is 0 Å². The van der Waals surface area contributed by atoms with Crippen molar-refractivity contribution in [2.24, 2.45) is 0 Å². The smallest absolute Gasteiger partial charge is 0.169 e. The van der Waals surface area contributed by atoms with Gasteiger partial charge in [-0.05, 0) is 17.7 Å². The predicted molar refractivity (Wildman–Crippen MR) is 66.1 cm³/mol. The van der Waals surface area contributed by atoms with Crippen molar-refractivity contribution < 1.29 is 17.9 Å². The molecule has 0 N–H and O–H groups in total. The number of benzene rings is 1. The summed E-state index contributed by atoms with van der Waals surface area (Å²) in [5.41, 5.74) is 0.465. The van der Waals surface area contributed by atoms with Crippen LogP contribution >= 0.6 is 0 Å². The van der Waals surface area contributed by atoms with Crippen molar-refractivity contribution in [1.82, 2.24) is 0 Å². The second-order valence-corrected chi connectivity index (χ2v) is 6.01. The Morgan fingerprint density at radius 2 is 1.94 bits per heavy atom. The van der Waals surface area contributed by atoms with Gasteiger partial charge in [0.2, 0.25) is 0 Å². The molecule has 0 aliphatic heterocycles. The minimum Gasteiger partial charge on any atom is -0.497 e. The molecule has 0 aliphatic carbocycles. The third kappa shape index (κ3) is 3.86. The Morgan fingerprint density at radius 1 is 1.39 bits per heavy atom. The molecule has 0 aliphatic rings. The van der Waals surface area contributed by atoms with Gasteiger partial charge in [-0.2, -0.15) is 5.26 Å². The zero-order valence-electron chi connectivity index (χ0n) is 10.1. The molecule has 1 aromatic rings. The van der Waals surface area contributed by atoms with Crippen molar-refractivity contribution in [2.75, 3.05) is 19.1 Å². The zero-order valence-corrected chi connectivity index (χ0v) is 10.9. The van der Waals surface area contributed by atoms with E-state index in [2.05, 4.69) is 0 Å². The van der Waals surface area contributed by atoms with Gasteiger partial charge >= 0.3 is 0 Å². The summed E-state index contributed by atoms with van der Waals surface area (Å²) < 4.78 is 27.0. The summed E-state index contributed by atoms with van der Waals surface area (Å²) >= 11 is 0. The van der Waals surface area contributed by atoms with Gasteiger partial charge < -0.3 is 4.74 Å². The minimum atomic E-state index is -3.42. The molecule has 0 bridgehead atoms. The van der Waals surface area contributed by atoms with Gasteiger partial charge in [0.1, 0.15) is 17.4 Å². The number of nitrogens with zero attached hydrogens (tertiary/aromatic N) is 1. The fraction of sp³-hybridized carbons (Fsp3) is 0.333. The molecule has 0 amide bonds. The summed E-state index contributed by atoms with van der Waals surface area (Å²) in [5.74, 6) is -1.71. The molecule has 0 saturated carbocycles. The average Bonchev–Trinajstić information content (AvgIpc) is 2.28. The molecular weight excluding hydrogens is 254 g/mol. The molecule has 0 radical (unpaired) electrons. The third-order valence-corrected chi connectivity index (χ3v) is 3.11. The van der Waals surface area contributed by atoms with E-state index in [1.807, 2.05) is 6.07 Å². The maximum atomic E-state index is 11.7. The Kier molecular flexibility index (Phi) is 4.45. The van der Waals surface area contributed by atoms with Crippen LogP contribution in [0.1, 0.15) is 11.5 Å². The van der Waals surface area contributed by atoms with Gasteiger partial charge in [0, 0.05) is 6.26 Å². The second kappa shape index (κ2) is 5.65. The summed E-state index contributed by atoms with van der Waals surface area (Å²) in [6.45, 7) is 0. The van der Waals surface area contributed by atoms with Gasteiger partial charge in [0.15, 0.2) is 15.6 Å². The number of methoxy groups -OCH3 is 1. The number of ether oxygens (including phenoxy) is 1. The van der Waals surface area contributed by atoms with E-state index in [0.717, 1.165) is 6.26 Å². The number of hydrogen-bond donors (Lipinski definition) is 0. The minimum absolute atomic E-state index is 0.465. The molecule has 96 valence electrons. The molecule has 0 aromatic heterocycles. The first-order valence-electron chi connectivity index (χ1n) is 5.11. The van der Waals surface area contributed by atoms with E-state index in [4.69, 9.17) is 10.00 Å². The largest absolute Gasteiger partial charge is 0.497 e. The SMILES string of the molecule is COc1ccc(C(C#N)C(=O)CS(C)(=O)=O)cc1. The number of ketones is 1. The Labute approximate surface area is 106 Å². The monoisotopic (exact) mass is 267 g/mol. The van der Waals surface area contributed by atoms with E-state index < -0.39 is 27.3 Å². The summed E-state index contributed by atoms with van der Waals surface area (Å²) in [7, 11) is -1.92. The molecule has 1 aromatic carbocycles. The van der Waals surface area contributed by atoms with Crippen molar-refractivity contribution in [3.05, 3.63) is 29.8 Å². The molecule has 6 heteroatoms. The van der Waals surface area contributed by atoms with Gasteiger partial charge in [0.25, 0.3) is 0 Å². The summed E-state index contributed by atoms with van der Waals surface area (Å²) in [4.78, 5) is 11.7. The number of nitriles is 1. The summed E-state index contributed by atoms with van der Waals surface area (Å²) in [6.07, 6.45) is 0.966. The molecule has 1 unspecified atom stereocenters. The number of rotatable bonds is 5. The maximum Gasteiger partial charge on any atom is 0.169 e. The highest BCUT2D eigenvalue weighted by molar-refractivity contribution is 7.91. The lowest BCUT2D eigenvalue weighted by molar-refractivity contribution is -0.116. The maximum absolute atomic E-state index is 11.7. The number of carbonyl (C=O) groups is 1. The third-order valence-electron chi connectivity index (χ3n) is 2.30. The van der Waals surface area contributed by atoms with Crippen LogP contribution in [-0.2, 0) is 14.6 Å². The Hall–Kier alpha value is -1.87. The number of hydrogen-bond acceptors (Lipinski definition) is 5. The van der Waals surface area contributed by atoms with Crippen LogP contribution < -0.4 is 4.74 Å². The molecule has 0 spiro atoms. The Balaban J connectivity index is 2.96.